The standard InChI is InChI=1S/C26H32FN3O2/c1-18-15-21-9-14-30(17-22(21)16-19(18)2)26(32)20-7-11-29(12-8-20)13-10-25(31)28-24-5-3-23(27)4-6-24/h3-6,15-16,20H,7-14,17H2,1-2H3,(H,28,31). The summed E-state index contributed by atoms with van der Waals surface area (Å²) in [6.07, 6.45) is 3.01. The van der Waals surface area contributed by atoms with E-state index in [0.29, 0.717) is 18.7 Å². The molecule has 1 fully saturated rings. The van der Waals surface area contributed by atoms with Crippen molar-refractivity contribution in [2.24, 2.45) is 5.92 Å². The molecule has 0 bridgehead atoms. The maximum atomic E-state index is 13.1. The minimum atomic E-state index is -0.320. The molecule has 32 heavy (non-hydrogen) atoms. The van der Waals surface area contributed by atoms with Crippen molar-refractivity contribution in [3.8, 4) is 0 Å². The van der Waals surface area contributed by atoms with Gasteiger partial charge >= 0.3 is 0 Å². The normalized spacial score (nSPS) is 17.2. The molecule has 4 rings (SSSR count). The van der Waals surface area contributed by atoms with Gasteiger partial charge in [0.1, 0.15) is 5.82 Å². The van der Waals surface area contributed by atoms with Crippen LogP contribution in [-0.4, -0.2) is 47.8 Å². The van der Waals surface area contributed by atoms with Gasteiger partial charge in [-0.25, -0.2) is 4.39 Å². The van der Waals surface area contributed by atoms with Crippen molar-refractivity contribution in [3.63, 3.8) is 0 Å². The van der Waals surface area contributed by atoms with E-state index in [1.807, 2.05) is 4.90 Å². The smallest absolute Gasteiger partial charge is 0.226 e. The molecule has 0 aromatic heterocycles. The largest absolute Gasteiger partial charge is 0.338 e. The van der Waals surface area contributed by atoms with E-state index in [1.54, 1.807) is 12.1 Å². The monoisotopic (exact) mass is 437 g/mol. The predicted molar refractivity (Wildman–Crippen MR) is 124 cm³/mol. The van der Waals surface area contributed by atoms with Gasteiger partial charge in [-0.05, 0) is 92.7 Å². The van der Waals surface area contributed by atoms with Crippen LogP contribution in [0.25, 0.3) is 0 Å². The molecule has 2 amide bonds. The molecule has 0 saturated carbocycles. The van der Waals surface area contributed by atoms with Gasteiger partial charge in [0.05, 0.1) is 0 Å². The molecule has 2 aliphatic heterocycles. The zero-order valence-electron chi connectivity index (χ0n) is 19.0. The third-order valence-corrected chi connectivity index (χ3v) is 6.86. The van der Waals surface area contributed by atoms with Crippen molar-refractivity contribution in [1.82, 2.24) is 9.80 Å². The van der Waals surface area contributed by atoms with E-state index in [1.165, 1.54) is 34.4 Å². The quantitative estimate of drug-likeness (QED) is 0.767. The van der Waals surface area contributed by atoms with E-state index in [4.69, 9.17) is 0 Å². The lowest BCUT2D eigenvalue weighted by atomic mass is 9.91. The molecule has 2 aromatic rings. The Bertz CT molecular complexity index is 981. The zero-order chi connectivity index (χ0) is 22.7. The highest BCUT2D eigenvalue weighted by Gasteiger charge is 2.30. The highest BCUT2D eigenvalue weighted by Crippen LogP contribution is 2.26. The maximum Gasteiger partial charge on any atom is 0.226 e. The molecule has 6 heteroatoms. The van der Waals surface area contributed by atoms with E-state index in [-0.39, 0.29) is 23.5 Å². The first-order chi connectivity index (χ1) is 15.4. The fourth-order valence-corrected chi connectivity index (χ4v) is 4.72. The van der Waals surface area contributed by atoms with Gasteiger partial charge in [0, 0.05) is 37.7 Å². The number of fused-ring (bicyclic) bond motifs is 1. The molecule has 0 spiro atoms. The summed E-state index contributed by atoms with van der Waals surface area (Å²) < 4.78 is 13.0. The number of halogens is 1. The molecule has 0 radical (unpaired) electrons. The lowest BCUT2D eigenvalue weighted by Gasteiger charge is -2.36. The molecule has 2 aromatic carbocycles. The number of hydrogen-bond acceptors (Lipinski definition) is 3. The van der Waals surface area contributed by atoms with Crippen LogP contribution in [0.15, 0.2) is 36.4 Å². The number of nitrogens with zero attached hydrogens (tertiary/aromatic N) is 2. The van der Waals surface area contributed by atoms with Gasteiger partial charge in [-0.1, -0.05) is 12.1 Å². The number of rotatable bonds is 5. The molecule has 5 nitrogen and oxygen atoms in total. The first kappa shape index (κ1) is 22.5. The fourth-order valence-electron chi connectivity index (χ4n) is 4.72. The summed E-state index contributed by atoms with van der Waals surface area (Å²) in [5, 5.41) is 2.80. The molecular weight excluding hydrogens is 405 g/mol. The Balaban J connectivity index is 1.22. The molecule has 0 atom stereocenters. The molecular formula is C26H32FN3O2. The van der Waals surface area contributed by atoms with Crippen LogP contribution >= 0.6 is 0 Å². The van der Waals surface area contributed by atoms with Gasteiger partial charge in [0.15, 0.2) is 0 Å². The molecule has 0 aliphatic carbocycles. The molecule has 2 aliphatic rings. The van der Waals surface area contributed by atoms with Crippen molar-refractivity contribution in [3.05, 3.63) is 64.5 Å². The first-order valence-corrected chi connectivity index (χ1v) is 11.5. The van der Waals surface area contributed by atoms with Crippen LogP contribution in [0.4, 0.5) is 10.1 Å². The Morgan fingerprint density at radius 1 is 1.00 bits per heavy atom. The minimum Gasteiger partial charge on any atom is -0.338 e. The van der Waals surface area contributed by atoms with Gasteiger partial charge in [0.2, 0.25) is 11.8 Å². The van der Waals surface area contributed by atoms with Crippen molar-refractivity contribution in [1.29, 1.82) is 0 Å². The molecule has 1 N–H and O–H groups in total. The lowest BCUT2D eigenvalue weighted by molar-refractivity contribution is -0.138. The SMILES string of the molecule is Cc1cc2c(cc1C)CN(C(=O)C1CCN(CCC(=O)Nc3ccc(F)cc3)CC1)CC2. The van der Waals surface area contributed by atoms with Gasteiger partial charge < -0.3 is 15.1 Å². The first-order valence-electron chi connectivity index (χ1n) is 11.5. The number of aryl methyl sites for hydroxylation is 2. The van der Waals surface area contributed by atoms with Gasteiger partial charge in [-0.15, -0.1) is 0 Å². The van der Waals surface area contributed by atoms with Crippen LogP contribution in [0.3, 0.4) is 0 Å². The highest BCUT2D eigenvalue weighted by molar-refractivity contribution is 5.90. The van der Waals surface area contributed by atoms with E-state index in [0.717, 1.165) is 45.4 Å². The number of benzene rings is 2. The summed E-state index contributed by atoms with van der Waals surface area (Å²) in [6, 6.07) is 10.3. The Kier molecular flexibility index (Phi) is 6.89. The molecule has 170 valence electrons. The highest BCUT2D eigenvalue weighted by atomic mass is 19.1. The third-order valence-electron chi connectivity index (χ3n) is 6.86. The van der Waals surface area contributed by atoms with Crippen molar-refractivity contribution >= 4 is 17.5 Å². The Labute approximate surface area is 189 Å². The summed E-state index contributed by atoms with van der Waals surface area (Å²) in [7, 11) is 0. The minimum absolute atomic E-state index is 0.0763. The Hall–Kier alpha value is -2.73. The van der Waals surface area contributed by atoms with E-state index in [9.17, 15) is 14.0 Å². The third kappa shape index (κ3) is 5.36. The number of piperidine rings is 1. The number of nitrogens with one attached hydrogen (secondary N) is 1. The van der Waals surface area contributed by atoms with Gasteiger partial charge in [-0.2, -0.15) is 0 Å². The fraction of sp³-hybridized carbons (Fsp3) is 0.462. The van der Waals surface area contributed by atoms with Gasteiger partial charge in [0.25, 0.3) is 0 Å². The number of carbonyl (C=O) groups excluding carboxylic acids is 2. The van der Waals surface area contributed by atoms with E-state index in [2.05, 4.69) is 36.2 Å². The zero-order valence-corrected chi connectivity index (χ0v) is 19.0. The van der Waals surface area contributed by atoms with Crippen LogP contribution in [0.2, 0.25) is 0 Å². The second-order valence-electron chi connectivity index (χ2n) is 9.14. The summed E-state index contributed by atoms with van der Waals surface area (Å²) in [5.74, 6) is -0.0401. The maximum absolute atomic E-state index is 13.1. The Morgan fingerprint density at radius 3 is 2.34 bits per heavy atom. The second-order valence-corrected chi connectivity index (χ2v) is 9.14. The van der Waals surface area contributed by atoms with Gasteiger partial charge in [-0.3, -0.25) is 9.59 Å². The average Bonchev–Trinajstić information content (AvgIpc) is 2.79. The summed E-state index contributed by atoms with van der Waals surface area (Å²) in [4.78, 5) is 29.6. The summed E-state index contributed by atoms with van der Waals surface area (Å²) in [6.45, 7) is 8.14. The van der Waals surface area contributed by atoms with Crippen molar-refractivity contribution in [2.45, 2.75) is 46.1 Å². The number of anilines is 1. The second kappa shape index (κ2) is 9.82. The number of likely N-dealkylation sites (tertiary alicyclic amines) is 1. The number of amides is 2. The number of hydrogen-bond donors (Lipinski definition) is 1. The Morgan fingerprint density at radius 2 is 1.66 bits per heavy atom. The van der Waals surface area contributed by atoms with Crippen LogP contribution < -0.4 is 5.32 Å². The van der Waals surface area contributed by atoms with E-state index >= 15 is 0 Å². The van der Waals surface area contributed by atoms with Crippen LogP contribution in [0.1, 0.15) is 41.5 Å². The van der Waals surface area contributed by atoms with Crippen LogP contribution in [0, 0.1) is 25.6 Å². The lowest BCUT2D eigenvalue weighted by Crippen LogP contribution is -2.44. The van der Waals surface area contributed by atoms with Crippen molar-refractivity contribution < 1.29 is 14.0 Å². The summed E-state index contributed by atoms with van der Waals surface area (Å²) >= 11 is 0. The van der Waals surface area contributed by atoms with Crippen LogP contribution in [0.5, 0.6) is 0 Å². The topological polar surface area (TPSA) is 52.7 Å². The summed E-state index contributed by atoms with van der Waals surface area (Å²) in [5.41, 5.74) is 5.88. The predicted octanol–water partition coefficient (Wildman–Crippen LogP) is 4.07. The van der Waals surface area contributed by atoms with E-state index < -0.39 is 0 Å². The van der Waals surface area contributed by atoms with Crippen molar-refractivity contribution in [2.75, 3.05) is 31.5 Å². The molecule has 0 unspecified atom stereocenters. The molecule has 1 saturated heterocycles. The number of carbonyl (C=O) groups is 2. The molecule has 2 heterocycles. The average molecular weight is 438 g/mol. The van der Waals surface area contributed by atoms with Crippen LogP contribution in [-0.2, 0) is 22.6 Å².